The zero-order valence-electron chi connectivity index (χ0n) is 7.30. The Morgan fingerprint density at radius 3 is 2.09 bits per heavy atom. The van der Waals surface area contributed by atoms with E-state index < -0.39 is 0 Å². The van der Waals surface area contributed by atoms with Gasteiger partial charge in [0.1, 0.15) is 0 Å². The summed E-state index contributed by atoms with van der Waals surface area (Å²) in [7, 11) is 0. The van der Waals surface area contributed by atoms with Crippen molar-refractivity contribution in [2.24, 2.45) is 5.73 Å². The molecule has 0 aromatic heterocycles. The van der Waals surface area contributed by atoms with Gasteiger partial charge < -0.3 is 10.6 Å². The van der Waals surface area contributed by atoms with E-state index in [1.54, 1.807) is 0 Å². The lowest BCUT2D eigenvalue weighted by Crippen LogP contribution is -2.50. The van der Waals surface area contributed by atoms with Gasteiger partial charge >= 0.3 is 0 Å². The first-order valence-electron chi connectivity index (χ1n) is 4.25. The second-order valence-electron chi connectivity index (χ2n) is 3.42. The Kier molecular flexibility index (Phi) is 2.37. The third-order valence-electron chi connectivity index (χ3n) is 2.47. The van der Waals surface area contributed by atoms with E-state index in [4.69, 9.17) is 11.1 Å². The molecule has 0 saturated carbocycles. The summed E-state index contributed by atoms with van der Waals surface area (Å²) in [6.07, 6.45) is 3.61. The molecule has 0 aliphatic carbocycles. The van der Waals surface area contributed by atoms with Gasteiger partial charge in [0.05, 0.1) is 0 Å². The normalized spacial score (nSPS) is 32.0. The summed E-state index contributed by atoms with van der Waals surface area (Å²) in [4.78, 5) is 2.00. The summed E-state index contributed by atoms with van der Waals surface area (Å²) in [5, 5.41) is 7.35. The topological polar surface area (TPSA) is 53.1 Å². The Morgan fingerprint density at radius 1 is 1.36 bits per heavy atom. The summed E-state index contributed by atoms with van der Waals surface area (Å²) in [5.74, 6) is 0.227. The Hall–Kier alpha value is -0.730. The second kappa shape index (κ2) is 3.11. The number of nitrogens with zero attached hydrogens (tertiary/aromatic N) is 1. The lowest BCUT2D eigenvalue weighted by molar-refractivity contribution is 0.188. The molecule has 3 nitrogen and oxygen atoms in total. The average Bonchev–Trinajstić information content (AvgIpc) is 1.85. The van der Waals surface area contributed by atoms with Crippen molar-refractivity contribution in [1.82, 2.24) is 4.90 Å². The lowest BCUT2D eigenvalue weighted by Gasteiger charge is -2.39. The molecule has 0 spiro atoms. The molecule has 0 radical (unpaired) electrons. The fourth-order valence-electron chi connectivity index (χ4n) is 1.90. The van der Waals surface area contributed by atoms with Crippen molar-refractivity contribution in [3.8, 4) is 0 Å². The molecule has 11 heavy (non-hydrogen) atoms. The number of hydrogen-bond donors (Lipinski definition) is 2. The average molecular weight is 155 g/mol. The van der Waals surface area contributed by atoms with E-state index >= 15 is 0 Å². The second-order valence-corrected chi connectivity index (χ2v) is 3.42. The van der Waals surface area contributed by atoms with E-state index in [2.05, 4.69) is 13.8 Å². The Bertz CT molecular complexity index is 145. The van der Waals surface area contributed by atoms with Gasteiger partial charge in [-0.15, -0.1) is 0 Å². The van der Waals surface area contributed by atoms with E-state index in [1.165, 1.54) is 19.3 Å². The summed E-state index contributed by atoms with van der Waals surface area (Å²) in [5.41, 5.74) is 5.46. The molecule has 1 saturated heterocycles. The maximum absolute atomic E-state index is 7.35. The van der Waals surface area contributed by atoms with Crippen LogP contribution in [0, 0.1) is 5.41 Å². The monoisotopic (exact) mass is 155 g/mol. The van der Waals surface area contributed by atoms with Crippen molar-refractivity contribution in [2.45, 2.75) is 45.2 Å². The molecule has 2 atom stereocenters. The van der Waals surface area contributed by atoms with E-state index in [9.17, 15) is 0 Å². The van der Waals surface area contributed by atoms with Crippen LogP contribution in [0.2, 0.25) is 0 Å². The highest BCUT2D eigenvalue weighted by molar-refractivity contribution is 5.75. The predicted octanol–water partition coefficient (Wildman–Crippen LogP) is 1.14. The first-order valence-corrected chi connectivity index (χ1v) is 4.25. The molecule has 0 bridgehead atoms. The fourth-order valence-corrected chi connectivity index (χ4v) is 1.90. The molecule has 1 fully saturated rings. The van der Waals surface area contributed by atoms with Crippen LogP contribution >= 0.6 is 0 Å². The lowest BCUT2D eigenvalue weighted by atomic mass is 9.98. The number of nitrogens with one attached hydrogen (secondary N) is 1. The Labute approximate surface area is 68.1 Å². The van der Waals surface area contributed by atoms with E-state index in [0.29, 0.717) is 12.1 Å². The molecule has 0 amide bonds. The molecule has 0 aromatic rings. The van der Waals surface area contributed by atoms with Crippen LogP contribution in [0.3, 0.4) is 0 Å². The number of nitrogens with two attached hydrogens (primary N) is 1. The molecule has 1 aliphatic rings. The molecule has 0 aromatic carbocycles. The van der Waals surface area contributed by atoms with Crippen LogP contribution in [0.15, 0.2) is 0 Å². The molecule has 3 heteroatoms. The molecule has 3 N–H and O–H groups in total. The molecular formula is C8H17N3. The van der Waals surface area contributed by atoms with Gasteiger partial charge in [-0.2, -0.15) is 0 Å². The highest BCUT2D eigenvalue weighted by atomic mass is 15.3. The van der Waals surface area contributed by atoms with Gasteiger partial charge in [0.2, 0.25) is 0 Å². The van der Waals surface area contributed by atoms with Gasteiger partial charge in [-0.1, -0.05) is 0 Å². The van der Waals surface area contributed by atoms with Crippen molar-refractivity contribution in [3.05, 3.63) is 0 Å². The smallest absolute Gasteiger partial charge is 0.188 e. The SMILES string of the molecule is C[C@H]1CCC[C@H](C)N1C(=N)N. The summed E-state index contributed by atoms with van der Waals surface area (Å²) in [6.45, 7) is 4.27. The van der Waals surface area contributed by atoms with Crippen molar-refractivity contribution in [1.29, 1.82) is 5.41 Å². The zero-order chi connectivity index (χ0) is 8.43. The van der Waals surface area contributed by atoms with Crippen LogP contribution in [0.25, 0.3) is 0 Å². The fraction of sp³-hybridized carbons (Fsp3) is 0.875. The van der Waals surface area contributed by atoms with E-state index in [0.717, 1.165) is 0 Å². The minimum absolute atomic E-state index is 0.227. The van der Waals surface area contributed by atoms with Crippen LogP contribution in [-0.4, -0.2) is 22.9 Å². The van der Waals surface area contributed by atoms with E-state index in [1.807, 2.05) is 4.90 Å². The molecule has 1 rings (SSSR count). The van der Waals surface area contributed by atoms with E-state index in [-0.39, 0.29) is 5.96 Å². The van der Waals surface area contributed by atoms with Crippen LogP contribution < -0.4 is 5.73 Å². The number of guanidine groups is 1. The highest BCUT2D eigenvalue weighted by Gasteiger charge is 2.24. The minimum atomic E-state index is 0.227. The zero-order valence-corrected chi connectivity index (χ0v) is 7.30. The minimum Gasteiger partial charge on any atom is -0.370 e. The number of hydrogen-bond acceptors (Lipinski definition) is 1. The van der Waals surface area contributed by atoms with Crippen molar-refractivity contribution in [2.75, 3.05) is 0 Å². The standard InChI is InChI=1S/C8H17N3/c1-6-4-3-5-7(2)11(6)8(9)10/h6-7H,3-5H2,1-2H3,(H3,9,10)/t6-,7-/m0/s1. The number of likely N-dealkylation sites (tertiary alicyclic amines) is 1. The maximum atomic E-state index is 7.35. The van der Waals surface area contributed by atoms with Gasteiger partial charge in [0, 0.05) is 12.1 Å². The summed E-state index contributed by atoms with van der Waals surface area (Å²) < 4.78 is 0. The van der Waals surface area contributed by atoms with Crippen LogP contribution in [0.1, 0.15) is 33.1 Å². The van der Waals surface area contributed by atoms with Gasteiger partial charge in [-0.25, -0.2) is 0 Å². The third-order valence-corrected chi connectivity index (χ3v) is 2.47. The maximum Gasteiger partial charge on any atom is 0.188 e. The largest absolute Gasteiger partial charge is 0.370 e. The quantitative estimate of drug-likeness (QED) is 0.407. The molecule has 0 unspecified atom stereocenters. The van der Waals surface area contributed by atoms with Crippen molar-refractivity contribution < 1.29 is 0 Å². The summed E-state index contributed by atoms with van der Waals surface area (Å²) in [6, 6.07) is 0.910. The number of piperidine rings is 1. The van der Waals surface area contributed by atoms with Crippen LogP contribution in [0.4, 0.5) is 0 Å². The van der Waals surface area contributed by atoms with Gasteiger partial charge in [-0.05, 0) is 33.1 Å². The molecular weight excluding hydrogens is 138 g/mol. The summed E-state index contributed by atoms with van der Waals surface area (Å²) >= 11 is 0. The third kappa shape index (κ3) is 1.64. The van der Waals surface area contributed by atoms with Crippen LogP contribution in [0.5, 0.6) is 0 Å². The van der Waals surface area contributed by atoms with Crippen molar-refractivity contribution >= 4 is 5.96 Å². The first-order chi connectivity index (χ1) is 5.13. The Morgan fingerprint density at radius 2 is 1.82 bits per heavy atom. The Balaban J connectivity index is 2.62. The molecule has 1 aliphatic heterocycles. The first kappa shape index (κ1) is 8.37. The van der Waals surface area contributed by atoms with Crippen molar-refractivity contribution in [3.63, 3.8) is 0 Å². The van der Waals surface area contributed by atoms with Gasteiger partial charge in [0.25, 0.3) is 0 Å². The van der Waals surface area contributed by atoms with Gasteiger partial charge in [0.15, 0.2) is 5.96 Å². The molecule has 1 heterocycles. The highest BCUT2D eigenvalue weighted by Crippen LogP contribution is 2.21. The van der Waals surface area contributed by atoms with Crippen LogP contribution in [-0.2, 0) is 0 Å². The number of rotatable bonds is 0. The molecule has 64 valence electrons. The van der Waals surface area contributed by atoms with Gasteiger partial charge in [-0.3, -0.25) is 5.41 Å². The predicted molar refractivity (Wildman–Crippen MR) is 46.5 cm³/mol.